The second-order valence-electron chi connectivity index (χ2n) is 9.60. The average Bonchev–Trinajstić information content (AvgIpc) is 3.13. The largest absolute Gasteiger partial charge is 0.494 e. The Hall–Kier alpha value is -2.62. The predicted molar refractivity (Wildman–Crippen MR) is 154 cm³/mol. The Morgan fingerprint density at radius 2 is 1.86 bits per heavy atom. The highest BCUT2D eigenvalue weighted by atomic mass is 32.2. The number of thioether (sulfide) groups is 1. The summed E-state index contributed by atoms with van der Waals surface area (Å²) in [4.78, 5) is 33.8. The van der Waals surface area contributed by atoms with Crippen LogP contribution in [0.5, 0.6) is 5.75 Å². The van der Waals surface area contributed by atoms with E-state index in [9.17, 15) is 9.59 Å². The summed E-state index contributed by atoms with van der Waals surface area (Å²) in [7, 11) is 0. The van der Waals surface area contributed by atoms with E-state index in [-0.39, 0.29) is 18.2 Å². The molecule has 0 saturated carbocycles. The summed E-state index contributed by atoms with van der Waals surface area (Å²) in [6.07, 6.45) is 4.40. The molecule has 2 aromatic rings. The molecule has 7 nitrogen and oxygen atoms in total. The summed E-state index contributed by atoms with van der Waals surface area (Å²) < 4.78 is 5.48. The number of piperidine rings is 1. The lowest BCUT2D eigenvalue weighted by atomic mass is 9.99. The van der Waals surface area contributed by atoms with Crippen LogP contribution < -0.4 is 15.0 Å². The van der Waals surface area contributed by atoms with E-state index < -0.39 is 6.04 Å². The van der Waals surface area contributed by atoms with Gasteiger partial charge in [-0.1, -0.05) is 13.0 Å². The normalized spacial score (nSPS) is 18.9. The van der Waals surface area contributed by atoms with Crippen molar-refractivity contribution < 1.29 is 14.3 Å². The van der Waals surface area contributed by atoms with Crippen molar-refractivity contribution in [1.82, 2.24) is 9.80 Å². The van der Waals surface area contributed by atoms with Crippen LogP contribution in [0.4, 0.5) is 11.4 Å². The SMILES string of the molecule is CCOc1ccc(NC(=O)C[C@H]2C(=O)N(c3cccc(SC)c3)C(=S)N2CCN2CCC(C)CC2)cc1. The number of hydrogen-bond donors (Lipinski definition) is 1. The zero-order chi connectivity index (χ0) is 26.4. The van der Waals surface area contributed by atoms with Crippen LogP contribution in [0.15, 0.2) is 53.4 Å². The highest BCUT2D eigenvalue weighted by Crippen LogP contribution is 2.30. The van der Waals surface area contributed by atoms with E-state index >= 15 is 0 Å². The van der Waals surface area contributed by atoms with E-state index in [1.54, 1.807) is 28.8 Å². The third-order valence-corrected chi connectivity index (χ3v) is 8.13. The number of benzene rings is 2. The lowest BCUT2D eigenvalue weighted by Crippen LogP contribution is -2.44. The van der Waals surface area contributed by atoms with Crippen molar-refractivity contribution in [3.8, 4) is 5.75 Å². The first-order valence-corrected chi connectivity index (χ1v) is 14.6. The molecule has 0 spiro atoms. The van der Waals surface area contributed by atoms with Gasteiger partial charge in [0.15, 0.2) is 5.11 Å². The lowest BCUT2D eigenvalue weighted by molar-refractivity contribution is -0.124. The predicted octanol–water partition coefficient (Wildman–Crippen LogP) is 4.87. The van der Waals surface area contributed by atoms with Gasteiger partial charge in [-0.05, 0) is 99.7 Å². The van der Waals surface area contributed by atoms with Crippen LogP contribution in [0, 0.1) is 5.92 Å². The zero-order valence-corrected chi connectivity index (χ0v) is 23.4. The van der Waals surface area contributed by atoms with E-state index in [0.717, 1.165) is 41.9 Å². The van der Waals surface area contributed by atoms with Crippen molar-refractivity contribution in [2.75, 3.05) is 49.3 Å². The lowest BCUT2D eigenvalue weighted by Gasteiger charge is -2.32. The Bertz CT molecular complexity index is 1100. The number of amides is 2. The van der Waals surface area contributed by atoms with Gasteiger partial charge in [-0.15, -0.1) is 11.8 Å². The molecule has 1 atom stereocenters. The third-order valence-electron chi connectivity index (χ3n) is 6.99. The molecule has 37 heavy (non-hydrogen) atoms. The van der Waals surface area contributed by atoms with Crippen LogP contribution in [-0.2, 0) is 9.59 Å². The maximum Gasteiger partial charge on any atom is 0.256 e. The van der Waals surface area contributed by atoms with Gasteiger partial charge < -0.3 is 19.9 Å². The van der Waals surface area contributed by atoms with E-state index in [2.05, 4.69) is 17.1 Å². The minimum absolute atomic E-state index is 0.0297. The molecule has 9 heteroatoms. The van der Waals surface area contributed by atoms with E-state index in [1.807, 2.05) is 54.5 Å². The Labute approximate surface area is 229 Å². The highest BCUT2D eigenvalue weighted by Gasteiger charge is 2.44. The molecule has 0 radical (unpaired) electrons. The molecule has 2 aliphatic rings. The molecule has 0 aromatic heterocycles. The first-order chi connectivity index (χ1) is 17.9. The first-order valence-electron chi connectivity index (χ1n) is 12.9. The van der Waals surface area contributed by atoms with Crippen molar-refractivity contribution in [2.45, 2.75) is 44.0 Å². The van der Waals surface area contributed by atoms with Gasteiger partial charge in [0.05, 0.1) is 18.7 Å². The number of carbonyl (C=O) groups excluding carboxylic acids is 2. The van der Waals surface area contributed by atoms with Gasteiger partial charge in [0.1, 0.15) is 11.8 Å². The number of anilines is 2. The van der Waals surface area contributed by atoms with Crippen molar-refractivity contribution >= 4 is 52.3 Å². The van der Waals surface area contributed by atoms with Gasteiger partial charge in [0.25, 0.3) is 5.91 Å². The van der Waals surface area contributed by atoms with Crippen LogP contribution in [0.1, 0.15) is 33.1 Å². The summed E-state index contributed by atoms with van der Waals surface area (Å²) in [5, 5.41) is 3.39. The number of ether oxygens (including phenoxy) is 1. The number of carbonyl (C=O) groups is 2. The molecule has 2 aromatic carbocycles. The van der Waals surface area contributed by atoms with E-state index in [0.29, 0.717) is 24.0 Å². The highest BCUT2D eigenvalue weighted by molar-refractivity contribution is 7.98. The molecule has 198 valence electrons. The van der Waals surface area contributed by atoms with Gasteiger partial charge in [-0.25, -0.2) is 0 Å². The minimum Gasteiger partial charge on any atom is -0.494 e. The number of likely N-dealkylation sites (tertiary alicyclic amines) is 1. The van der Waals surface area contributed by atoms with Crippen molar-refractivity contribution in [3.63, 3.8) is 0 Å². The number of nitrogens with one attached hydrogen (secondary N) is 1. The Balaban J connectivity index is 1.49. The van der Waals surface area contributed by atoms with Crippen LogP contribution >= 0.6 is 24.0 Å². The summed E-state index contributed by atoms with van der Waals surface area (Å²) in [5.74, 6) is 1.13. The van der Waals surface area contributed by atoms with Crippen molar-refractivity contribution in [3.05, 3.63) is 48.5 Å². The van der Waals surface area contributed by atoms with Gasteiger partial charge in [0, 0.05) is 23.7 Å². The van der Waals surface area contributed by atoms with Crippen LogP contribution in [0.2, 0.25) is 0 Å². The summed E-state index contributed by atoms with van der Waals surface area (Å²) in [5.41, 5.74) is 1.41. The quantitative estimate of drug-likeness (QED) is 0.341. The summed E-state index contributed by atoms with van der Waals surface area (Å²) in [6.45, 7) is 8.34. The molecule has 2 heterocycles. The monoisotopic (exact) mass is 540 g/mol. The fraction of sp³-hybridized carbons (Fsp3) is 0.464. The molecule has 0 aliphatic carbocycles. The standard InChI is InChI=1S/C28H36N4O3S2/c1-4-35-23-10-8-21(9-11-23)29-26(33)19-25-27(34)32(22-6-5-7-24(18-22)37-3)28(36)31(25)17-16-30-14-12-20(2)13-15-30/h5-11,18,20,25H,4,12-17,19H2,1-3H3,(H,29,33)/t25-/m0/s1. The molecular weight excluding hydrogens is 504 g/mol. The van der Waals surface area contributed by atoms with E-state index in [4.69, 9.17) is 17.0 Å². The third kappa shape index (κ3) is 6.83. The summed E-state index contributed by atoms with van der Waals surface area (Å²) in [6, 6.07) is 14.4. The van der Waals surface area contributed by atoms with Crippen LogP contribution in [-0.4, -0.2) is 71.8 Å². The fourth-order valence-corrected chi connectivity index (χ4v) is 5.67. The molecule has 1 N–H and O–H groups in total. The smallest absolute Gasteiger partial charge is 0.256 e. The topological polar surface area (TPSA) is 65.1 Å². The van der Waals surface area contributed by atoms with E-state index in [1.165, 1.54) is 12.8 Å². The molecule has 2 fully saturated rings. The minimum atomic E-state index is -0.642. The molecule has 2 aliphatic heterocycles. The number of thiocarbonyl (C=S) groups is 1. The maximum absolute atomic E-state index is 13.7. The maximum atomic E-state index is 13.7. The van der Waals surface area contributed by atoms with Crippen molar-refractivity contribution in [1.29, 1.82) is 0 Å². The number of nitrogens with zero attached hydrogens (tertiary/aromatic N) is 3. The van der Waals surface area contributed by atoms with Gasteiger partial charge in [-0.3, -0.25) is 14.5 Å². The molecule has 2 amide bonds. The van der Waals surface area contributed by atoms with Gasteiger partial charge in [0.2, 0.25) is 5.91 Å². The molecule has 0 bridgehead atoms. The Morgan fingerprint density at radius 3 is 2.54 bits per heavy atom. The van der Waals surface area contributed by atoms with Crippen molar-refractivity contribution in [2.24, 2.45) is 5.92 Å². The average molecular weight is 541 g/mol. The Kier molecular flexibility index (Phi) is 9.45. The molecule has 4 rings (SSSR count). The van der Waals surface area contributed by atoms with Gasteiger partial charge in [-0.2, -0.15) is 0 Å². The first kappa shape index (κ1) is 27.4. The number of rotatable bonds is 10. The van der Waals surface area contributed by atoms with Crippen LogP contribution in [0.25, 0.3) is 0 Å². The Morgan fingerprint density at radius 1 is 1.14 bits per heavy atom. The molecular formula is C28H36N4O3S2. The zero-order valence-electron chi connectivity index (χ0n) is 21.8. The van der Waals surface area contributed by atoms with Crippen LogP contribution in [0.3, 0.4) is 0 Å². The second kappa shape index (κ2) is 12.8. The number of hydrogen-bond acceptors (Lipinski definition) is 6. The molecule has 2 saturated heterocycles. The summed E-state index contributed by atoms with van der Waals surface area (Å²) >= 11 is 7.46. The second-order valence-corrected chi connectivity index (χ2v) is 10.8. The molecule has 0 unspecified atom stereocenters. The fourth-order valence-electron chi connectivity index (χ4n) is 4.80. The van der Waals surface area contributed by atoms with Gasteiger partial charge >= 0.3 is 0 Å².